The molecule has 19 nitrogen and oxygen atoms in total. The van der Waals surface area contributed by atoms with Crippen LogP contribution in [-0.4, -0.2) is 77.3 Å². The number of anilines is 3. The third-order valence-corrected chi connectivity index (χ3v) is 8.62. The standard InChI is InChI=1S/C10H17N6O13P3/c11-7-4-8(13-2-12-7)15(10-16(4)28-10)9-6(18)5(17)3(27-9)1-26-32(24,25)29-31(22,23)14-30(19,20)21/h2-3,5-6,9-10,17-18H,1H2,(H,24,25)(H2,11,12,13)(H4,14,19,20,21,22,23)/t3-,5-,6-,9-,10?,16?/m1/s1. The van der Waals surface area contributed by atoms with E-state index in [0.717, 1.165) is 11.2 Å². The lowest BCUT2D eigenvalue weighted by Crippen LogP contribution is -2.45. The molecule has 0 bridgehead atoms. The number of nitrogens with one attached hydrogen (secondary N) is 1. The van der Waals surface area contributed by atoms with Crippen LogP contribution in [0.15, 0.2) is 6.33 Å². The third-order valence-electron chi connectivity index (χ3n) is 4.38. The highest BCUT2D eigenvalue weighted by Crippen LogP contribution is 2.61. The lowest BCUT2D eigenvalue weighted by atomic mass is 10.1. The fraction of sp³-hybridized carbons (Fsp3) is 0.600. The van der Waals surface area contributed by atoms with Gasteiger partial charge in [-0.05, 0) is 0 Å². The van der Waals surface area contributed by atoms with Gasteiger partial charge in [0.2, 0.25) is 0 Å². The van der Waals surface area contributed by atoms with Gasteiger partial charge in [0, 0.05) is 0 Å². The van der Waals surface area contributed by atoms with Crippen LogP contribution in [0.2, 0.25) is 0 Å². The smallest absolute Gasteiger partial charge is 0.387 e. The molecule has 9 N–H and O–H groups in total. The first-order valence-electron chi connectivity index (χ1n) is 8.42. The first-order chi connectivity index (χ1) is 14.7. The third kappa shape index (κ3) is 4.68. The fourth-order valence-corrected chi connectivity index (χ4v) is 6.58. The van der Waals surface area contributed by atoms with Gasteiger partial charge in [-0.2, -0.15) is 9.37 Å². The molecule has 0 radical (unpaired) electrons. The van der Waals surface area contributed by atoms with E-state index in [1.807, 2.05) is 0 Å². The van der Waals surface area contributed by atoms with Crippen LogP contribution in [0.25, 0.3) is 0 Å². The molecule has 0 saturated carbocycles. The van der Waals surface area contributed by atoms with Crippen LogP contribution in [-0.2, 0) is 32.1 Å². The largest absolute Gasteiger partial charge is 0.480 e. The minimum absolute atomic E-state index is 0.0867. The van der Waals surface area contributed by atoms with Crippen LogP contribution >= 0.6 is 23.3 Å². The van der Waals surface area contributed by atoms with E-state index >= 15 is 0 Å². The van der Waals surface area contributed by atoms with Gasteiger partial charge in [0.1, 0.15) is 24.6 Å². The molecule has 4 rings (SSSR count). The van der Waals surface area contributed by atoms with Gasteiger partial charge in [0.25, 0.3) is 6.35 Å². The van der Waals surface area contributed by atoms with E-state index in [4.69, 9.17) is 25.1 Å². The molecule has 4 heterocycles. The maximum absolute atomic E-state index is 11.9. The highest BCUT2D eigenvalue weighted by molar-refractivity contribution is 7.70. The van der Waals surface area contributed by atoms with Crippen molar-refractivity contribution >= 4 is 40.6 Å². The molecule has 32 heavy (non-hydrogen) atoms. The molecule has 0 amide bonds. The van der Waals surface area contributed by atoms with Crippen molar-refractivity contribution in [1.29, 1.82) is 0 Å². The number of nitrogens with zero attached hydrogens (tertiary/aromatic N) is 4. The Hall–Kier alpha value is -1.27. The number of hydrogen-bond donors (Lipinski definition) is 8. The number of nitrogen functional groups attached to an aromatic ring is 1. The predicted octanol–water partition coefficient (Wildman–Crippen LogP) is -2.72. The number of nitrogens with two attached hydrogens (primary N) is 1. The summed E-state index contributed by atoms with van der Waals surface area (Å²) in [7, 11) is -16.1. The molecule has 180 valence electrons. The Morgan fingerprint density at radius 2 is 1.84 bits per heavy atom. The van der Waals surface area contributed by atoms with Crippen LogP contribution < -0.4 is 20.6 Å². The second kappa shape index (κ2) is 7.90. The van der Waals surface area contributed by atoms with Gasteiger partial charge in [0.15, 0.2) is 23.6 Å². The van der Waals surface area contributed by atoms with Crippen molar-refractivity contribution in [3.63, 3.8) is 0 Å². The topological polar surface area (TPSA) is 283 Å². The first kappa shape index (κ1) is 23.9. The molecular weight excluding hydrogens is 505 g/mol. The Balaban J connectivity index is 1.42. The molecule has 7 atom stereocenters. The summed E-state index contributed by atoms with van der Waals surface area (Å²) in [5.74, 6) is 0.316. The van der Waals surface area contributed by atoms with Crippen LogP contribution in [0.1, 0.15) is 0 Å². The fourth-order valence-electron chi connectivity index (χ4n) is 3.15. The molecule has 22 heteroatoms. The van der Waals surface area contributed by atoms with Crippen molar-refractivity contribution in [2.45, 2.75) is 30.9 Å². The van der Waals surface area contributed by atoms with E-state index in [-0.39, 0.29) is 11.6 Å². The maximum Gasteiger partial charge on any atom is 0.480 e. The van der Waals surface area contributed by atoms with Crippen LogP contribution in [0.4, 0.5) is 17.3 Å². The summed E-state index contributed by atoms with van der Waals surface area (Å²) in [6, 6.07) is 0. The molecule has 2 saturated heterocycles. The Labute approximate surface area is 177 Å². The summed E-state index contributed by atoms with van der Waals surface area (Å²) in [6.07, 6.45) is -5.57. The maximum atomic E-state index is 11.9. The zero-order valence-corrected chi connectivity index (χ0v) is 18.1. The van der Waals surface area contributed by atoms with E-state index < -0.39 is 60.8 Å². The van der Waals surface area contributed by atoms with Gasteiger partial charge in [-0.3, -0.25) is 9.42 Å². The van der Waals surface area contributed by atoms with Gasteiger partial charge in [-0.1, -0.05) is 0 Å². The van der Waals surface area contributed by atoms with Crippen molar-refractivity contribution < 1.29 is 61.9 Å². The summed E-state index contributed by atoms with van der Waals surface area (Å²) in [5, 5.41) is 22.0. The SMILES string of the molecule is Nc1ncnc2c1N1OC1N2[C@@H]1O[C@H](COP(=O)(O)OP(=O)(O)NP(=O)(O)O)[C@@H](O)[C@H]1O. The summed E-state index contributed by atoms with van der Waals surface area (Å²) >= 11 is 0. The van der Waals surface area contributed by atoms with E-state index in [9.17, 15) is 33.7 Å². The van der Waals surface area contributed by atoms with E-state index in [2.05, 4.69) is 18.8 Å². The molecule has 1 aromatic heterocycles. The number of aliphatic hydroxyl groups excluding tert-OH is 2. The number of aromatic nitrogens is 2. The van der Waals surface area contributed by atoms with Crippen molar-refractivity contribution in [1.82, 2.24) is 14.8 Å². The minimum Gasteiger partial charge on any atom is -0.387 e. The molecule has 0 aromatic carbocycles. The van der Waals surface area contributed by atoms with Crippen LogP contribution in [0.3, 0.4) is 0 Å². The van der Waals surface area contributed by atoms with Gasteiger partial charge < -0.3 is 40.3 Å². The van der Waals surface area contributed by atoms with E-state index in [1.54, 1.807) is 0 Å². The average molecular weight is 522 g/mol. The molecule has 3 aliphatic heterocycles. The minimum atomic E-state index is -5.46. The van der Waals surface area contributed by atoms with E-state index in [0.29, 0.717) is 5.69 Å². The number of ether oxygens (including phenoxy) is 1. The molecule has 3 unspecified atom stereocenters. The van der Waals surface area contributed by atoms with Gasteiger partial charge in [-0.15, -0.1) is 4.86 Å². The number of fused-ring (bicyclic) bond motifs is 3. The van der Waals surface area contributed by atoms with Gasteiger partial charge >= 0.3 is 23.3 Å². The predicted molar refractivity (Wildman–Crippen MR) is 98.8 cm³/mol. The number of phosphoric ester groups is 1. The molecule has 1 aromatic rings. The van der Waals surface area contributed by atoms with Crippen LogP contribution in [0.5, 0.6) is 0 Å². The summed E-state index contributed by atoms with van der Waals surface area (Å²) in [6.45, 7) is -0.930. The number of hydrogen-bond acceptors (Lipinski definition) is 14. The Kier molecular flexibility index (Phi) is 5.89. The number of rotatable bonds is 8. The lowest BCUT2D eigenvalue weighted by molar-refractivity contribution is -0.0241. The van der Waals surface area contributed by atoms with Gasteiger partial charge in [0.05, 0.1) is 6.61 Å². The average Bonchev–Trinajstić information content (AvgIpc) is 3.25. The molecule has 0 aliphatic carbocycles. The Morgan fingerprint density at radius 3 is 2.50 bits per heavy atom. The summed E-state index contributed by atoms with van der Waals surface area (Å²) in [4.78, 5) is 51.4. The van der Waals surface area contributed by atoms with Crippen LogP contribution in [0, 0.1) is 0 Å². The molecular formula is C10H17N6O13P3. The zero-order chi connectivity index (χ0) is 23.6. The highest BCUT2D eigenvalue weighted by Gasteiger charge is 2.60. The zero-order valence-electron chi connectivity index (χ0n) is 15.4. The highest BCUT2D eigenvalue weighted by atomic mass is 31.3. The molecule has 2 fully saturated rings. The number of phosphoric acid groups is 1. The molecule has 3 aliphatic rings. The summed E-state index contributed by atoms with van der Waals surface area (Å²) in [5.41, 5.74) is 6.09. The monoisotopic (exact) mass is 522 g/mol. The number of hydroxylamine groups is 1. The first-order valence-corrected chi connectivity index (χ1v) is 13.1. The number of aliphatic hydroxyl groups is 2. The normalized spacial score (nSPS) is 32.9. The van der Waals surface area contributed by atoms with Crippen molar-refractivity contribution in [2.24, 2.45) is 0 Å². The quantitative estimate of drug-likeness (QED) is 0.127. The second-order valence-corrected chi connectivity index (χ2v) is 11.4. The van der Waals surface area contributed by atoms with Crippen molar-refractivity contribution in [3.8, 4) is 0 Å². The van der Waals surface area contributed by atoms with Gasteiger partial charge in [-0.25, -0.2) is 28.5 Å². The molecule has 0 spiro atoms. The van der Waals surface area contributed by atoms with Crippen molar-refractivity contribution in [2.75, 3.05) is 22.3 Å². The van der Waals surface area contributed by atoms with E-state index in [1.165, 1.54) is 9.96 Å². The second-order valence-electron chi connectivity index (χ2n) is 6.65. The summed E-state index contributed by atoms with van der Waals surface area (Å²) < 4.78 is 48.0. The van der Waals surface area contributed by atoms with Crippen molar-refractivity contribution in [3.05, 3.63) is 6.33 Å². The Bertz CT molecular complexity index is 1060. The Morgan fingerprint density at radius 1 is 1.16 bits per heavy atom. The lowest BCUT2D eigenvalue weighted by Gasteiger charge is -2.26.